The van der Waals surface area contributed by atoms with Gasteiger partial charge in [-0.3, -0.25) is 9.59 Å². The van der Waals surface area contributed by atoms with Crippen LogP contribution in [0.4, 0.5) is 0 Å². The van der Waals surface area contributed by atoms with Gasteiger partial charge in [0.25, 0.3) is 0 Å². The topological polar surface area (TPSA) is 103 Å². The molecule has 2 aromatic carbocycles. The molecular weight excluding hydrogens is 356 g/mol. The summed E-state index contributed by atoms with van der Waals surface area (Å²) in [6.45, 7) is 0.474. The number of rotatable bonds is 7. The van der Waals surface area contributed by atoms with Crippen LogP contribution in [0.15, 0.2) is 55.1 Å². The Morgan fingerprint density at radius 1 is 1.04 bits per heavy atom. The van der Waals surface area contributed by atoms with E-state index in [0.29, 0.717) is 13.0 Å². The van der Waals surface area contributed by atoms with Gasteiger partial charge in [0.1, 0.15) is 0 Å². The molecule has 0 atom stereocenters. The zero-order valence-electron chi connectivity index (χ0n) is 15.2. The molecule has 0 spiro atoms. The van der Waals surface area contributed by atoms with E-state index >= 15 is 0 Å². The van der Waals surface area contributed by atoms with Gasteiger partial charge in [-0.15, -0.1) is 0 Å². The van der Waals surface area contributed by atoms with E-state index in [4.69, 9.17) is 10.8 Å². The first kappa shape index (κ1) is 17.8. The maximum absolute atomic E-state index is 11.4. The lowest BCUT2D eigenvalue weighted by atomic mass is 10.1. The van der Waals surface area contributed by atoms with Gasteiger partial charge in [0, 0.05) is 59.3 Å². The molecule has 0 radical (unpaired) electrons. The monoisotopic (exact) mass is 376 g/mol. The van der Waals surface area contributed by atoms with E-state index in [1.165, 1.54) is 0 Å². The van der Waals surface area contributed by atoms with E-state index in [1.54, 1.807) is 12.5 Å². The van der Waals surface area contributed by atoms with Crippen LogP contribution in [-0.2, 0) is 22.6 Å². The van der Waals surface area contributed by atoms with Crippen LogP contribution in [0, 0.1) is 0 Å². The molecule has 0 aliphatic rings. The molecule has 4 rings (SSSR count). The summed E-state index contributed by atoms with van der Waals surface area (Å²) in [5.74, 6) is -1.17. The van der Waals surface area contributed by atoms with Crippen LogP contribution >= 0.6 is 0 Å². The molecule has 1 amide bonds. The predicted molar refractivity (Wildman–Crippen MR) is 106 cm³/mol. The number of carbonyl (C=O) groups is 2. The van der Waals surface area contributed by atoms with Crippen molar-refractivity contribution in [2.75, 3.05) is 0 Å². The molecule has 0 fully saturated rings. The average molecular weight is 376 g/mol. The highest BCUT2D eigenvalue weighted by molar-refractivity contribution is 6.09. The van der Waals surface area contributed by atoms with E-state index in [2.05, 4.69) is 15.6 Å². The molecule has 0 saturated heterocycles. The standard InChI is InChI=1S/C21H20N4O3/c22-20(26)7-9-25-18-5-3-15(24-10-8-23-13-24)12-17(18)16-4-1-14(11-19(16)25)2-6-21(27)28/h1,3-5,8,10-13H,2,6-7,9H2,(H2,22,26)(H,27,28). The van der Waals surface area contributed by atoms with Crippen LogP contribution in [0.25, 0.3) is 27.5 Å². The highest BCUT2D eigenvalue weighted by atomic mass is 16.4. The summed E-state index contributed by atoms with van der Waals surface area (Å²) in [6, 6.07) is 12.1. The molecule has 3 N–H and O–H groups in total. The molecule has 0 aliphatic heterocycles. The van der Waals surface area contributed by atoms with Crippen LogP contribution < -0.4 is 5.73 Å². The van der Waals surface area contributed by atoms with Crippen molar-refractivity contribution >= 4 is 33.7 Å². The first-order valence-electron chi connectivity index (χ1n) is 9.06. The van der Waals surface area contributed by atoms with Crippen molar-refractivity contribution in [3.8, 4) is 5.69 Å². The quantitative estimate of drug-likeness (QED) is 0.517. The number of hydrogen-bond acceptors (Lipinski definition) is 3. The van der Waals surface area contributed by atoms with Crippen molar-refractivity contribution in [2.24, 2.45) is 5.73 Å². The highest BCUT2D eigenvalue weighted by Crippen LogP contribution is 2.32. The van der Waals surface area contributed by atoms with Gasteiger partial charge in [-0.05, 0) is 36.2 Å². The van der Waals surface area contributed by atoms with Gasteiger partial charge in [-0.1, -0.05) is 12.1 Å². The third kappa shape index (κ3) is 3.34. The molecule has 0 saturated carbocycles. The molecule has 0 bridgehead atoms. The number of benzene rings is 2. The largest absolute Gasteiger partial charge is 0.481 e. The average Bonchev–Trinajstić information content (AvgIpc) is 3.30. The Morgan fingerprint density at radius 3 is 2.61 bits per heavy atom. The van der Waals surface area contributed by atoms with Gasteiger partial charge in [-0.25, -0.2) is 4.98 Å². The highest BCUT2D eigenvalue weighted by Gasteiger charge is 2.13. The van der Waals surface area contributed by atoms with Gasteiger partial charge in [0.15, 0.2) is 0 Å². The number of primary amides is 1. The number of imidazole rings is 1. The Labute approximate surface area is 161 Å². The number of carbonyl (C=O) groups excluding carboxylic acids is 1. The summed E-state index contributed by atoms with van der Waals surface area (Å²) in [5, 5.41) is 11.1. The van der Waals surface area contributed by atoms with Crippen molar-refractivity contribution in [2.45, 2.75) is 25.8 Å². The fourth-order valence-electron chi connectivity index (χ4n) is 3.58. The molecule has 0 aliphatic carbocycles. The van der Waals surface area contributed by atoms with Crippen molar-refractivity contribution in [3.63, 3.8) is 0 Å². The van der Waals surface area contributed by atoms with Gasteiger partial charge in [-0.2, -0.15) is 0 Å². The second kappa shape index (κ2) is 7.19. The first-order valence-corrected chi connectivity index (χ1v) is 9.06. The van der Waals surface area contributed by atoms with E-state index in [-0.39, 0.29) is 18.7 Å². The lowest BCUT2D eigenvalue weighted by Gasteiger charge is -2.08. The summed E-state index contributed by atoms with van der Waals surface area (Å²) in [7, 11) is 0. The third-order valence-electron chi connectivity index (χ3n) is 4.93. The number of amides is 1. The molecule has 7 heteroatoms. The van der Waals surface area contributed by atoms with Crippen LogP contribution in [0.2, 0.25) is 0 Å². The van der Waals surface area contributed by atoms with Gasteiger partial charge < -0.3 is 20.0 Å². The first-order chi connectivity index (χ1) is 13.5. The van der Waals surface area contributed by atoms with E-state index in [1.807, 2.05) is 41.1 Å². The maximum atomic E-state index is 11.4. The molecule has 4 aromatic rings. The van der Waals surface area contributed by atoms with Crippen molar-refractivity contribution in [3.05, 3.63) is 60.7 Å². The molecule has 142 valence electrons. The van der Waals surface area contributed by atoms with Gasteiger partial charge >= 0.3 is 5.97 Å². The second-order valence-corrected chi connectivity index (χ2v) is 6.78. The zero-order chi connectivity index (χ0) is 19.7. The zero-order valence-corrected chi connectivity index (χ0v) is 15.2. The smallest absolute Gasteiger partial charge is 0.303 e. The van der Waals surface area contributed by atoms with Gasteiger partial charge in [0.2, 0.25) is 5.91 Å². The molecule has 7 nitrogen and oxygen atoms in total. The summed E-state index contributed by atoms with van der Waals surface area (Å²) in [5.41, 5.74) is 9.30. The fourth-order valence-corrected chi connectivity index (χ4v) is 3.58. The number of aromatic nitrogens is 3. The summed E-state index contributed by atoms with van der Waals surface area (Å²) in [6.07, 6.45) is 6.15. The van der Waals surface area contributed by atoms with Crippen LogP contribution in [0.1, 0.15) is 18.4 Å². The molecule has 2 aromatic heterocycles. The number of aryl methyl sites for hydroxylation is 2. The van der Waals surface area contributed by atoms with E-state index in [9.17, 15) is 9.59 Å². The Bertz CT molecular complexity index is 1180. The minimum atomic E-state index is -0.820. The van der Waals surface area contributed by atoms with Crippen LogP contribution in [-0.4, -0.2) is 31.1 Å². The molecular formula is C21H20N4O3. The summed E-state index contributed by atoms with van der Waals surface area (Å²) >= 11 is 0. The lowest BCUT2D eigenvalue weighted by Crippen LogP contribution is -2.13. The van der Waals surface area contributed by atoms with E-state index < -0.39 is 5.97 Å². The van der Waals surface area contributed by atoms with Gasteiger partial charge in [0.05, 0.1) is 6.33 Å². The fraction of sp³-hybridized carbons (Fsp3) is 0.190. The van der Waals surface area contributed by atoms with Crippen LogP contribution in [0.5, 0.6) is 0 Å². The third-order valence-corrected chi connectivity index (χ3v) is 4.93. The Hall–Kier alpha value is -3.61. The van der Waals surface area contributed by atoms with Crippen LogP contribution in [0.3, 0.4) is 0 Å². The number of fused-ring (bicyclic) bond motifs is 3. The lowest BCUT2D eigenvalue weighted by molar-refractivity contribution is -0.137. The Balaban J connectivity index is 1.87. The SMILES string of the molecule is NC(=O)CCn1c2ccc(-n3ccnc3)cc2c2ccc(CCC(=O)O)cc21. The Morgan fingerprint density at radius 2 is 1.89 bits per heavy atom. The second-order valence-electron chi connectivity index (χ2n) is 6.78. The molecule has 2 heterocycles. The van der Waals surface area contributed by atoms with Crippen molar-refractivity contribution < 1.29 is 14.7 Å². The maximum Gasteiger partial charge on any atom is 0.303 e. The minimum absolute atomic E-state index is 0.0811. The summed E-state index contributed by atoms with van der Waals surface area (Å²) < 4.78 is 4.02. The molecule has 0 unspecified atom stereocenters. The number of nitrogens with zero attached hydrogens (tertiary/aromatic N) is 3. The summed E-state index contributed by atoms with van der Waals surface area (Å²) in [4.78, 5) is 26.4. The van der Waals surface area contributed by atoms with E-state index in [0.717, 1.165) is 33.1 Å². The number of hydrogen-bond donors (Lipinski definition) is 2. The predicted octanol–water partition coefficient (Wildman–Crippen LogP) is 2.87. The van der Waals surface area contributed by atoms with Crippen molar-refractivity contribution in [1.29, 1.82) is 0 Å². The Kier molecular flexibility index (Phi) is 4.57. The molecule has 28 heavy (non-hydrogen) atoms. The number of aliphatic carboxylic acids is 1. The number of carboxylic acid groups (broad SMARTS) is 1. The number of carboxylic acids is 1. The van der Waals surface area contributed by atoms with Crippen molar-refractivity contribution in [1.82, 2.24) is 14.1 Å². The minimum Gasteiger partial charge on any atom is -0.481 e. The normalized spacial score (nSPS) is 11.3. The number of nitrogens with two attached hydrogens (primary N) is 1.